The van der Waals surface area contributed by atoms with E-state index >= 15 is 0 Å². The van der Waals surface area contributed by atoms with Crippen LogP contribution in [0.3, 0.4) is 0 Å². The van der Waals surface area contributed by atoms with Crippen LogP contribution in [-0.2, 0) is 4.79 Å². The Kier molecular flexibility index (Phi) is 7.68. The first-order chi connectivity index (χ1) is 11.8. The van der Waals surface area contributed by atoms with Crippen molar-refractivity contribution in [2.24, 2.45) is 5.92 Å². The normalized spacial score (nSPS) is 12.7. The maximum Gasteiger partial charge on any atom is 0.201 e. The van der Waals surface area contributed by atoms with E-state index in [0.29, 0.717) is 23.0 Å². The number of benzene rings is 1. The highest BCUT2D eigenvalue weighted by molar-refractivity contribution is 6.26. The summed E-state index contributed by atoms with van der Waals surface area (Å²) in [4.78, 5) is 25.0. The minimum Gasteiger partial charge on any atom is -0.496 e. The molecule has 0 aliphatic carbocycles. The van der Waals surface area contributed by atoms with Gasteiger partial charge in [0.25, 0.3) is 0 Å². The number of aryl methyl sites for hydroxylation is 1. The van der Waals surface area contributed by atoms with E-state index < -0.39 is 0 Å². The van der Waals surface area contributed by atoms with E-state index in [4.69, 9.17) is 9.47 Å². The van der Waals surface area contributed by atoms with Gasteiger partial charge in [0.2, 0.25) is 5.78 Å². The molecule has 0 aliphatic heterocycles. The van der Waals surface area contributed by atoms with Gasteiger partial charge in [-0.1, -0.05) is 20.8 Å². The number of allylic oxidation sites excluding steroid dienone is 1. The average molecular weight is 347 g/mol. The molecule has 1 atom stereocenters. The molecule has 0 fully saturated rings. The highest BCUT2D eigenvalue weighted by Crippen LogP contribution is 2.30. The summed E-state index contributed by atoms with van der Waals surface area (Å²) >= 11 is 0. The van der Waals surface area contributed by atoms with Gasteiger partial charge < -0.3 is 14.8 Å². The number of nitrogens with one attached hydrogen (secondary N) is 1. The third kappa shape index (κ3) is 5.08. The zero-order chi connectivity index (χ0) is 19.1. The number of Topliss-reactive ketones (excluding diaryl/α,β-unsaturated/α-hetero) is 2. The zero-order valence-corrected chi connectivity index (χ0v) is 16.2. The van der Waals surface area contributed by atoms with Crippen molar-refractivity contribution in [3.8, 4) is 11.5 Å². The van der Waals surface area contributed by atoms with Gasteiger partial charge in [0, 0.05) is 18.3 Å². The molecule has 0 saturated carbocycles. The molecule has 1 aromatic carbocycles. The van der Waals surface area contributed by atoms with Crippen LogP contribution in [0.15, 0.2) is 23.9 Å². The summed E-state index contributed by atoms with van der Waals surface area (Å²) in [6.45, 7) is 9.50. The highest BCUT2D eigenvalue weighted by Gasteiger charge is 2.22. The molecule has 1 rings (SSSR count). The molecule has 0 heterocycles. The van der Waals surface area contributed by atoms with Gasteiger partial charge in [-0.05, 0) is 37.8 Å². The molecule has 5 heteroatoms. The van der Waals surface area contributed by atoms with Crippen LogP contribution in [0, 0.1) is 12.8 Å². The fourth-order valence-corrected chi connectivity index (χ4v) is 2.68. The van der Waals surface area contributed by atoms with E-state index in [0.717, 1.165) is 12.0 Å². The Balaban J connectivity index is 3.28. The first-order valence-electron chi connectivity index (χ1n) is 8.51. The Bertz CT molecular complexity index is 662. The number of carbonyl (C=O) groups is 2. The molecule has 0 unspecified atom stereocenters. The van der Waals surface area contributed by atoms with Crippen LogP contribution < -0.4 is 14.8 Å². The SMILES string of the molecule is CC[C@@H](N/C=C(\C(C)=O)C(=O)c1cc(C)c(OC)cc1OC)C(C)C. The maximum atomic E-state index is 12.9. The van der Waals surface area contributed by atoms with Crippen LogP contribution in [-0.4, -0.2) is 31.8 Å². The molecule has 25 heavy (non-hydrogen) atoms. The van der Waals surface area contributed by atoms with E-state index in [9.17, 15) is 9.59 Å². The predicted molar refractivity (Wildman–Crippen MR) is 99.4 cm³/mol. The summed E-state index contributed by atoms with van der Waals surface area (Å²) in [5.74, 6) is 0.761. The number of methoxy groups -OCH3 is 2. The molecule has 5 nitrogen and oxygen atoms in total. The fourth-order valence-electron chi connectivity index (χ4n) is 2.68. The molecule has 1 aromatic rings. The molecular formula is C20H29NO4. The Morgan fingerprint density at radius 3 is 2.20 bits per heavy atom. The summed E-state index contributed by atoms with van der Waals surface area (Å²) in [5, 5.41) is 3.21. The summed E-state index contributed by atoms with van der Waals surface area (Å²) in [6, 6.07) is 3.55. The van der Waals surface area contributed by atoms with Crippen LogP contribution >= 0.6 is 0 Å². The monoisotopic (exact) mass is 347 g/mol. The quantitative estimate of drug-likeness (QED) is 0.319. The van der Waals surface area contributed by atoms with Crippen molar-refractivity contribution in [3.63, 3.8) is 0 Å². The minimum absolute atomic E-state index is 0.113. The summed E-state index contributed by atoms with van der Waals surface area (Å²) < 4.78 is 10.6. The second-order valence-corrected chi connectivity index (χ2v) is 6.39. The van der Waals surface area contributed by atoms with Gasteiger partial charge in [0.05, 0.1) is 25.4 Å². The third-order valence-electron chi connectivity index (χ3n) is 4.27. The lowest BCUT2D eigenvalue weighted by molar-refractivity contribution is -0.113. The maximum absolute atomic E-state index is 12.9. The van der Waals surface area contributed by atoms with E-state index in [1.807, 2.05) is 6.92 Å². The molecule has 0 saturated heterocycles. The molecule has 138 valence electrons. The second kappa shape index (κ2) is 9.25. The number of ketones is 2. The van der Waals surface area contributed by atoms with Gasteiger partial charge in [0.1, 0.15) is 11.5 Å². The fraction of sp³-hybridized carbons (Fsp3) is 0.500. The van der Waals surface area contributed by atoms with Crippen LogP contribution in [0.5, 0.6) is 11.5 Å². The van der Waals surface area contributed by atoms with Crippen molar-refractivity contribution in [2.75, 3.05) is 14.2 Å². The predicted octanol–water partition coefficient (Wildman–Crippen LogP) is 3.69. The van der Waals surface area contributed by atoms with Gasteiger partial charge >= 0.3 is 0 Å². The van der Waals surface area contributed by atoms with Crippen molar-refractivity contribution in [1.82, 2.24) is 5.32 Å². The van der Waals surface area contributed by atoms with Crippen molar-refractivity contribution in [3.05, 3.63) is 35.0 Å². The van der Waals surface area contributed by atoms with Crippen molar-refractivity contribution in [2.45, 2.75) is 47.1 Å². The third-order valence-corrected chi connectivity index (χ3v) is 4.27. The van der Waals surface area contributed by atoms with Crippen LogP contribution in [0.25, 0.3) is 0 Å². The lowest BCUT2D eigenvalue weighted by atomic mass is 9.97. The van der Waals surface area contributed by atoms with Crippen LogP contribution in [0.4, 0.5) is 0 Å². The first kappa shape index (κ1) is 20.7. The van der Waals surface area contributed by atoms with Crippen molar-refractivity contribution >= 4 is 11.6 Å². The summed E-state index contributed by atoms with van der Waals surface area (Å²) in [5.41, 5.74) is 1.26. The number of hydrogen-bond donors (Lipinski definition) is 1. The molecule has 0 bridgehead atoms. The van der Waals surface area contributed by atoms with E-state index in [-0.39, 0.29) is 23.2 Å². The Labute approximate surface area is 150 Å². The Morgan fingerprint density at radius 2 is 1.76 bits per heavy atom. The van der Waals surface area contributed by atoms with Gasteiger partial charge in [-0.15, -0.1) is 0 Å². The molecule has 0 aromatic heterocycles. The van der Waals surface area contributed by atoms with Crippen LogP contribution in [0.1, 0.15) is 50.0 Å². The largest absolute Gasteiger partial charge is 0.496 e. The summed E-state index contributed by atoms with van der Waals surface area (Å²) in [6.07, 6.45) is 2.44. The van der Waals surface area contributed by atoms with Gasteiger partial charge in [-0.25, -0.2) is 0 Å². The van der Waals surface area contributed by atoms with Crippen LogP contribution in [0.2, 0.25) is 0 Å². The van der Waals surface area contributed by atoms with Gasteiger partial charge in [0.15, 0.2) is 5.78 Å². The molecule has 0 radical (unpaired) electrons. The number of rotatable bonds is 9. The lowest BCUT2D eigenvalue weighted by Gasteiger charge is -2.20. The number of carbonyl (C=O) groups excluding carboxylic acids is 2. The highest BCUT2D eigenvalue weighted by atomic mass is 16.5. The first-order valence-corrected chi connectivity index (χ1v) is 8.51. The zero-order valence-electron chi connectivity index (χ0n) is 16.2. The van der Waals surface area contributed by atoms with Gasteiger partial charge in [-0.2, -0.15) is 0 Å². The minimum atomic E-state index is -0.360. The molecule has 0 amide bonds. The Morgan fingerprint density at radius 1 is 1.16 bits per heavy atom. The smallest absolute Gasteiger partial charge is 0.201 e. The van der Waals surface area contributed by atoms with Gasteiger partial charge in [-0.3, -0.25) is 9.59 Å². The molecule has 1 N–H and O–H groups in total. The molecule has 0 spiro atoms. The van der Waals surface area contributed by atoms with E-state index in [1.165, 1.54) is 20.2 Å². The van der Waals surface area contributed by atoms with Crippen molar-refractivity contribution in [1.29, 1.82) is 0 Å². The number of ether oxygens (including phenoxy) is 2. The lowest BCUT2D eigenvalue weighted by Crippen LogP contribution is -2.30. The second-order valence-electron chi connectivity index (χ2n) is 6.39. The standard InChI is InChI=1S/C20H29NO4/c1-8-17(12(2)3)21-11-16(14(5)22)20(23)15-9-13(4)18(24-6)10-19(15)25-7/h9-12,17,21H,8H2,1-7H3/b16-11+/t17-/m1/s1. The summed E-state index contributed by atoms with van der Waals surface area (Å²) in [7, 11) is 3.05. The average Bonchev–Trinajstić information content (AvgIpc) is 2.57. The number of hydrogen-bond acceptors (Lipinski definition) is 5. The topological polar surface area (TPSA) is 64.6 Å². The van der Waals surface area contributed by atoms with E-state index in [1.54, 1.807) is 19.2 Å². The Hall–Kier alpha value is -2.30. The van der Waals surface area contributed by atoms with Crippen molar-refractivity contribution < 1.29 is 19.1 Å². The van der Waals surface area contributed by atoms with E-state index in [2.05, 4.69) is 26.1 Å². The molecule has 0 aliphatic rings. The molecular weight excluding hydrogens is 318 g/mol.